The lowest BCUT2D eigenvalue weighted by atomic mass is 10.00. The Bertz CT molecular complexity index is 414. The summed E-state index contributed by atoms with van der Waals surface area (Å²) < 4.78 is 22.0. The average molecular weight is 301 g/mol. The van der Waals surface area contributed by atoms with E-state index in [-0.39, 0.29) is 13.2 Å². The molecule has 0 saturated carbocycles. The van der Waals surface area contributed by atoms with Crippen LogP contribution >= 0.6 is 0 Å². The van der Waals surface area contributed by atoms with Crippen molar-refractivity contribution in [2.24, 2.45) is 5.92 Å². The van der Waals surface area contributed by atoms with Crippen LogP contribution < -0.4 is 0 Å². The number of ether oxygens (including phenoxy) is 4. The van der Waals surface area contributed by atoms with E-state index in [1.165, 1.54) is 19.1 Å². The van der Waals surface area contributed by atoms with Crippen LogP contribution in [0.4, 0.5) is 4.79 Å². The van der Waals surface area contributed by atoms with Gasteiger partial charge in [0.15, 0.2) is 0 Å². The third-order valence-corrected chi connectivity index (χ3v) is 3.90. The van der Waals surface area contributed by atoms with Crippen LogP contribution in [-0.4, -0.2) is 68.2 Å². The van der Waals surface area contributed by atoms with Gasteiger partial charge in [-0.25, -0.2) is 4.79 Å². The number of carbonyl (C=O) groups is 2. The molecule has 2 rings (SSSR count). The van der Waals surface area contributed by atoms with Crippen LogP contribution in [0.1, 0.15) is 20.8 Å². The van der Waals surface area contributed by atoms with Gasteiger partial charge in [-0.05, 0) is 20.8 Å². The Morgan fingerprint density at radius 2 is 1.95 bits per heavy atom. The van der Waals surface area contributed by atoms with E-state index in [4.69, 9.17) is 18.9 Å². The molecule has 0 aromatic carbocycles. The van der Waals surface area contributed by atoms with Crippen molar-refractivity contribution in [2.45, 2.75) is 44.3 Å². The second kappa shape index (κ2) is 5.55. The van der Waals surface area contributed by atoms with Crippen LogP contribution in [0.3, 0.4) is 0 Å². The predicted octanol–water partition coefficient (Wildman–Crippen LogP) is 0.809. The summed E-state index contributed by atoms with van der Waals surface area (Å²) in [5, 5.41) is 0. The zero-order valence-corrected chi connectivity index (χ0v) is 13.1. The first-order valence-electron chi connectivity index (χ1n) is 6.95. The largest absolute Gasteiger partial charge is 0.444 e. The van der Waals surface area contributed by atoms with E-state index in [1.54, 1.807) is 20.8 Å². The van der Waals surface area contributed by atoms with Crippen molar-refractivity contribution in [1.29, 1.82) is 0 Å². The molecule has 7 heteroatoms. The summed E-state index contributed by atoms with van der Waals surface area (Å²) in [6, 6.07) is -0.502. The van der Waals surface area contributed by atoms with E-state index >= 15 is 0 Å². The van der Waals surface area contributed by atoms with Crippen molar-refractivity contribution < 1.29 is 28.5 Å². The number of fused-ring (bicyclic) bond motifs is 1. The number of amides is 1. The molecule has 0 aliphatic carbocycles. The van der Waals surface area contributed by atoms with Gasteiger partial charge in [0.1, 0.15) is 24.5 Å². The summed E-state index contributed by atoms with van der Waals surface area (Å²) in [5.41, 5.74) is -0.617. The van der Waals surface area contributed by atoms with Crippen LogP contribution in [0, 0.1) is 5.92 Å². The Morgan fingerprint density at radius 3 is 2.43 bits per heavy atom. The summed E-state index contributed by atoms with van der Waals surface area (Å²) >= 11 is 0. The molecule has 2 saturated heterocycles. The molecule has 0 aromatic heterocycles. The molecule has 2 aliphatic rings. The zero-order valence-electron chi connectivity index (χ0n) is 13.1. The highest BCUT2D eigenvalue weighted by molar-refractivity contribution is 5.71. The Hall–Kier alpha value is -1.18. The Kier molecular flexibility index (Phi) is 4.28. The van der Waals surface area contributed by atoms with Crippen LogP contribution in [0.15, 0.2) is 0 Å². The van der Waals surface area contributed by atoms with E-state index < -0.39 is 35.5 Å². The van der Waals surface area contributed by atoms with Crippen LogP contribution in [0.2, 0.25) is 0 Å². The highest BCUT2D eigenvalue weighted by atomic mass is 16.7. The van der Waals surface area contributed by atoms with E-state index in [0.717, 1.165) is 6.29 Å². The maximum Gasteiger partial charge on any atom is 0.410 e. The van der Waals surface area contributed by atoms with Gasteiger partial charge < -0.3 is 23.7 Å². The highest BCUT2D eigenvalue weighted by Crippen LogP contribution is 2.41. The van der Waals surface area contributed by atoms with Crippen molar-refractivity contribution in [3.8, 4) is 0 Å². The summed E-state index contributed by atoms with van der Waals surface area (Å²) in [6.45, 7) is 5.78. The lowest BCUT2D eigenvalue weighted by Crippen LogP contribution is -2.55. The van der Waals surface area contributed by atoms with Crippen molar-refractivity contribution in [3.63, 3.8) is 0 Å². The normalized spacial score (nSPS) is 31.1. The molecule has 3 atom stereocenters. The maximum absolute atomic E-state index is 12.4. The zero-order chi connectivity index (χ0) is 15.8. The molecule has 0 spiro atoms. The minimum absolute atomic E-state index is 0.166. The molecule has 0 N–H and O–H groups in total. The molecular formula is C14H23NO6. The number of carbonyl (C=O) groups excluding carboxylic acids is 2. The molecule has 21 heavy (non-hydrogen) atoms. The first-order valence-corrected chi connectivity index (χ1v) is 6.95. The first-order chi connectivity index (χ1) is 9.78. The van der Waals surface area contributed by atoms with Gasteiger partial charge in [-0.1, -0.05) is 0 Å². The number of nitrogens with zero attached hydrogens (tertiary/aromatic N) is 1. The van der Waals surface area contributed by atoms with Gasteiger partial charge >= 0.3 is 6.09 Å². The number of methoxy groups -OCH3 is 2. The van der Waals surface area contributed by atoms with E-state index in [1.807, 2.05) is 0 Å². The predicted molar refractivity (Wildman–Crippen MR) is 72.8 cm³/mol. The van der Waals surface area contributed by atoms with Gasteiger partial charge in [-0.15, -0.1) is 0 Å². The standard InChI is InChI=1S/C14H23NO6/c1-13(2,3)21-12(17)15-6-9(7-16)10-11(15)14(18-4,19-5)8-20-10/h7,9-11H,6,8H2,1-5H3. The first kappa shape index (κ1) is 16.2. The molecule has 1 amide bonds. The Morgan fingerprint density at radius 1 is 1.33 bits per heavy atom. The fraction of sp³-hybridized carbons (Fsp3) is 0.857. The lowest BCUT2D eigenvalue weighted by molar-refractivity contribution is -0.224. The van der Waals surface area contributed by atoms with E-state index in [9.17, 15) is 9.59 Å². The van der Waals surface area contributed by atoms with E-state index in [2.05, 4.69) is 0 Å². The summed E-state index contributed by atoms with van der Waals surface area (Å²) in [6.07, 6.45) is -0.121. The number of hydrogen-bond donors (Lipinski definition) is 0. The molecule has 0 bridgehead atoms. The highest BCUT2D eigenvalue weighted by Gasteiger charge is 2.62. The Balaban J connectivity index is 2.28. The number of hydrogen-bond acceptors (Lipinski definition) is 6. The number of likely N-dealkylation sites (tertiary alicyclic amines) is 1. The van der Waals surface area contributed by atoms with Crippen LogP contribution in [0.5, 0.6) is 0 Å². The quantitative estimate of drug-likeness (QED) is 0.567. The molecule has 3 unspecified atom stereocenters. The molecule has 0 aromatic rings. The monoisotopic (exact) mass is 301 g/mol. The van der Waals surface area contributed by atoms with Crippen molar-refractivity contribution in [1.82, 2.24) is 4.90 Å². The molecule has 2 fully saturated rings. The lowest BCUT2D eigenvalue weighted by Gasteiger charge is -2.36. The molecule has 7 nitrogen and oxygen atoms in total. The summed E-state index contributed by atoms with van der Waals surface area (Å²) in [4.78, 5) is 25.1. The summed E-state index contributed by atoms with van der Waals surface area (Å²) in [5.74, 6) is -1.48. The van der Waals surface area contributed by atoms with Crippen LogP contribution in [-0.2, 0) is 23.7 Å². The fourth-order valence-electron chi connectivity index (χ4n) is 2.93. The van der Waals surface area contributed by atoms with Gasteiger partial charge in [0.2, 0.25) is 5.79 Å². The molecule has 2 heterocycles. The van der Waals surface area contributed by atoms with E-state index in [0.29, 0.717) is 0 Å². The van der Waals surface area contributed by atoms with Gasteiger partial charge in [-0.2, -0.15) is 0 Å². The average Bonchev–Trinajstić information content (AvgIpc) is 2.94. The van der Waals surface area contributed by atoms with Crippen molar-refractivity contribution in [3.05, 3.63) is 0 Å². The molecule has 2 aliphatic heterocycles. The minimum atomic E-state index is -1.07. The molecule has 0 radical (unpaired) electrons. The number of rotatable bonds is 3. The van der Waals surface area contributed by atoms with Gasteiger partial charge in [-0.3, -0.25) is 4.90 Å². The topological polar surface area (TPSA) is 74.3 Å². The van der Waals surface area contributed by atoms with Crippen molar-refractivity contribution >= 4 is 12.4 Å². The van der Waals surface area contributed by atoms with Crippen LogP contribution in [0.25, 0.3) is 0 Å². The summed E-state index contributed by atoms with van der Waals surface area (Å²) in [7, 11) is 2.99. The molecular weight excluding hydrogens is 278 g/mol. The maximum atomic E-state index is 12.4. The third kappa shape index (κ3) is 2.77. The van der Waals surface area contributed by atoms with Gasteiger partial charge in [0.25, 0.3) is 0 Å². The molecule has 120 valence electrons. The Labute approximate surface area is 124 Å². The third-order valence-electron chi connectivity index (χ3n) is 3.90. The minimum Gasteiger partial charge on any atom is -0.444 e. The van der Waals surface area contributed by atoms with Crippen molar-refractivity contribution in [2.75, 3.05) is 27.4 Å². The SMILES string of the molecule is COC1(OC)COC2C(C=O)CN(C(=O)OC(C)(C)C)C21. The van der Waals surface area contributed by atoms with Gasteiger partial charge in [0, 0.05) is 20.8 Å². The fourth-order valence-corrected chi connectivity index (χ4v) is 2.93. The smallest absolute Gasteiger partial charge is 0.410 e. The number of aldehydes is 1. The van der Waals surface area contributed by atoms with Gasteiger partial charge in [0.05, 0.1) is 12.0 Å². The second-order valence-corrected chi connectivity index (χ2v) is 6.37. The second-order valence-electron chi connectivity index (χ2n) is 6.37.